The van der Waals surface area contributed by atoms with Crippen LogP contribution in [0.15, 0.2) is 18.2 Å². The Bertz CT molecular complexity index is 651. The number of nitro groups is 1. The third-order valence-electron chi connectivity index (χ3n) is 3.83. The molecule has 7 heteroatoms. The molecular weight excluding hydrogens is 288 g/mol. The number of hydrogen-bond donors (Lipinski definition) is 1. The second-order valence-corrected chi connectivity index (χ2v) is 6.51. The quantitative estimate of drug-likeness (QED) is 0.694. The fraction of sp³-hybridized carbons (Fsp3) is 0.500. The highest BCUT2D eigenvalue weighted by Gasteiger charge is 2.18. The van der Waals surface area contributed by atoms with E-state index in [4.69, 9.17) is 0 Å². The number of piperidine rings is 1. The molecule has 0 bridgehead atoms. The van der Waals surface area contributed by atoms with Gasteiger partial charge in [-0.05, 0) is 37.9 Å². The lowest BCUT2D eigenvalue weighted by molar-refractivity contribution is -0.384. The molecule has 2 heterocycles. The molecule has 3 rings (SSSR count). The zero-order valence-corrected chi connectivity index (χ0v) is 12.7. The third kappa shape index (κ3) is 3.14. The van der Waals surface area contributed by atoms with Crippen molar-refractivity contribution in [2.24, 2.45) is 5.92 Å². The van der Waals surface area contributed by atoms with Gasteiger partial charge in [-0.1, -0.05) is 11.3 Å². The number of benzene rings is 1. The smallest absolute Gasteiger partial charge is 0.271 e. The van der Waals surface area contributed by atoms with Crippen LogP contribution in [-0.4, -0.2) is 36.6 Å². The maximum Gasteiger partial charge on any atom is 0.271 e. The average Bonchev–Trinajstić information content (AvgIpc) is 2.91. The van der Waals surface area contributed by atoms with Crippen molar-refractivity contribution in [3.8, 4) is 0 Å². The van der Waals surface area contributed by atoms with Crippen LogP contribution in [0, 0.1) is 16.0 Å². The van der Waals surface area contributed by atoms with Gasteiger partial charge in [-0.3, -0.25) is 10.1 Å². The Hall–Kier alpha value is -1.73. The van der Waals surface area contributed by atoms with Crippen molar-refractivity contribution >= 4 is 32.4 Å². The lowest BCUT2D eigenvalue weighted by atomic mass is 9.99. The maximum absolute atomic E-state index is 10.8. The Labute approximate surface area is 126 Å². The molecule has 1 fully saturated rings. The summed E-state index contributed by atoms with van der Waals surface area (Å²) >= 11 is 1.59. The predicted molar refractivity (Wildman–Crippen MR) is 85.1 cm³/mol. The van der Waals surface area contributed by atoms with Crippen LogP contribution in [0.5, 0.6) is 0 Å². The van der Waals surface area contributed by atoms with Gasteiger partial charge in [-0.2, -0.15) is 0 Å². The number of nitro benzene ring substituents is 1. The molecule has 0 aliphatic carbocycles. The predicted octanol–water partition coefficient (Wildman–Crippen LogP) is 2.64. The Balaban J connectivity index is 1.78. The lowest BCUT2D eigenvalue weighted by Crippen LogP contribution is -2.36. The van der Waals surface area contributed by atoms with E-state index in [0.717, 1.165) is 29.5 Å². The van der Waals surface area contributed by atoms with E-state index in [2.05, 4.69) is 15.2 Å². The van der Waals surface area contributed by atoms with Crippen molar-refractivity contribution in [1.29, 1.82) is 0 Å². The van der Waals surface area contributed by atoms with E-state index in [0.29, 0.717) is 11.4 Å². The lowest BCUT2D eigenvalue weighted by Gasteiger charge is -2.27. The molecule has 0 radical (unpaired) electrons. The van der Waals surface area contributed by atoms with E-state index in [9.17, 15) is 10.1 Å². The first-order valence-corrected chi connectivity index (χ1v) is 7.92. The highest BCUT2D eigenvalue weighted by molar-refractivity contribution is 7.22. The maximum atomic E-state index is 10.8. The van der Waals surface area contributed by atoms with Gasteiger partial charge in [-0.25, -0.2) is 4.98 Å². The van der Waals surface area contributed by atoms with E-state index in [1.807, 2.05) is 7.05 Å². The van der Waals surface area contributed by atoms with E-state index < -0.39 is 0 Å². The van der Waals surface area contributed by atoms with Crippen molar-refractivity contribution in [2.75, 3.05) is 31.6 Å². The zero-order chi connectivity index (χ0) is 14.8. The molecule has 0 amide bonds. The Morgan fingerprint density at radius 1 is 1.57 bits per heavy atom. The van der Waals surface area contributed by atoms with Gasteiger partial charge in [0.25, 0.3) is 5.69 Å². The number of rotatable bonds is 4. The van der Waals surface area contributed by atoms with Crippen molar-refractivity contribution in [3.05, 3.63) is 28.3 Å². The largest absolute Gasteiger partial charge is 0.351 e. The van der Waals surface area contributed by atoms with E-state index in [-0.39, 0.29) is 10.6 Å². The molecule has 1 aliphatic heterocycles. The van der Waals surface area contributed by atoms with Gasteiger partial charge in [0.15, 0.2) is 5.13 Å². The summed E-state index contributed by atoms with van der Waals surface area (Å²) in [6.45, 7) is 3.14. The van der Waals surface area contributed by atoms with Gasteiger partial charge < -0.3 is 10.2 Å². The summed E-state index contributed by atoms with van der Waals surface area (Å²) in [5.74, 6) is 0.644. The van der Waals surface area contributed by atoms with E-state index >= 15 is 0 Å². The summed E-state index contributed by atoms with van der Waals surface area (Å²) in [6, 6.07) is 4.87. The number of non-ortho nitro benzene ring substituents is 1. The minimum Gasteiger partial charge on any atom is -0.351 e. The number of aromatic nitrogens is 1. The summed E-state index contributed by atoms with van der Waals surface area (Å²) < 4.78 is 0.990. The van der Waals surface area contributed by atoms with Gasteiger partial charge in [0, 0.05) is 25.7 Å². The van der Waals surface area contributed by atoms with E-state index in [1.54, 1.807) is 23.5 Å². The number of hydrogen-bond acceptors (Lipinski definition) is 6. The monoisotopic (exact) mass is 306 g/mol. The number of nitrogens with one attached hydrogen (secondary N) is 1. The fourth-order valence-electron chi connectivity index (χ4n) is 2.73. The van der Waals surface area contributed by atoms with Crippen LogP contribution in [-0.2, 0) is 0 Å². The second-order valence-electron chi connectivity index (χ2n) is 5.50. The van der Waals surface area contributed by atoms with Gasteiger partial charge in [0.1, 0.15) is 0 Å². The molecule has 1 N–H and O–H groups in total. The van der Waals surface area contributed by atoms with Crippen LogP contribution >= 0.6 is 11.3 Å². The first-order valence-electron chi connectivity index (χ1n) is 7.10. The summed E-state index contributed by atoms with van der Waals surface area (Å²) in [6.07, 6.45) is 2.47. The fourth-order valence-corrected chi connectivity index (χ4v) is 3.64. The standard InChI is InChI=1S/C14H18N4O2S/c1-17(9-10-3-2-6-15-8-10)14-16-12-7-11(18(19)20)4-5-13(12)21-14/h4-5,7,10,15H,2-3,6,8-9H2,1H3. The first kappa shape index (κ1) is 14.2. The van der Waals surface area contributed by atoms with Crippen LogP contribution in [0.1, 0.15) is 12.8 Å². The molecule has 1 saturated heterocycles. The zero-order valence-electron chi connectivity index (χ0n) is 11.9. The molecule has 1 atom stereocenters. The SMILES string of the molecule is CN(CC1CCCNC1)c1nc2cc([N+](=O)[O-])ccc2s1. The number of anilines is 1. The third-order valence-corrected chi connectivity index (χ3v) is 4.98. The van der Waals surface area contributed by atoms with Gasteiger partial charge in [0.05, 0.1) is 15.1 Å². The summed E-state index contributed by atoms with van der Waals surface area (Å²) in [4.78, 5) is 17.1. The normalized spacial score (nSPS) is 18.8. The van der Waals surface area contributed by atoms with Crippen molar-refractivity contribution in [1.82, 2.24) is 10.3 Å². The average molecular weight is 306 g/mol. The van der Waals surface area contributed by atoms with Crippen LogP contribution in [0.25, 0.3) is 10.2 Å². The van der Waals surface area contributed by atoms with Crippen LogP contribution in [0.3, 0.4) is 0 Å². The molecule has 21 heavy (non-hydrogen) atoms. The van der Waals surface area contributed by atoms with Gasteiger partial charge in [0.2, 0.25) is 0 Å². The molecule has 1 aromatic carbocycles. The summed E-state index contributed by atoms with van der Waals surface area (Å²) in [5, 5.41) is 15.2. The Kier molecular flexibility index (Phi) is 4.03. The minimum atomic E-state index is -0.379. The van der Waals surface area contributed by atoms with Crippen LogP contribution < -0.4 is 10.2 Å². The molecule has 1 aliphatic rings. The first-order chi connectivity index (χ1) is 10.1. The number of nitrogens with zero attached hydrogens (tertiary/aromatic N) is 3. The molecular formula is C14H18N4O2S. The van der Waals surface area contributed by atoms with Gasteiger partial charge in [-0.15, -0.1) is 0 Å². The molecule has 6 nitrogen and oxygen atoms in total. The molecule has 0 saturated carbocycles. The number of thiazole rings is 1. The molecule has 1 unspecified atom stereocenters. The van der Waals surface area contributed by atoms with Gasteiger partial charge >= 0.3 is 0 Å². The van der Waals surface area contributed by atoms with Crippen molar-refractivity contribution in [3.63, 3.8) is 0 Å². The Morgan fingerprint density at radius 3 is 3.14 bits per heavy atom. The second kappa shape index (κ2) is 5.95. The minimum absolute atomic E-state index is 0.0958. The van der Waals surface area contributed by atoms with Crippen LogP contribution in [0.4, 0.5) is 10.8 Å². The number of fused-ring (bicyclic) bond motifs is 1. The van der Waals surface area contributed by atoms with Crippen molar-refractivity contribution < 1.29 is 4.92 Å². The molecule has 112 valence electrons. The molecule has 0 spiro atoms. The highest BCUT2D eigenvalue weighted by atomic mass is 32.1. The molecule has 1 aromatic heterocycles. The highest BCUT2D eigenvalue weighted by Crippen LogP contribution is 2.31. The van der Waals surface area contributed by atoms with Crippen LogP contribution in [0.2, 0.25) is 0 Å². The summed E-state index contributed by atoms with van der Waals surface area (Å²) in [7, 11) is 2.04. The Morgan fingerprint density at radius 2 is 2.43 bits per heavy atom. The molecule has 2 aromatic rings. The van der Waals surface area contributed by atoms with Crippen molar-refractivity contribution in [2.45, 2.75) is 12.8 Å². The topological polar surface area (TPSA) is 71.3 Å². The summed E-state index contributed by atoms with van der Waals surface area (Å²) in [5.41, 5.74) is 0.802. The van der Waals surface area contributed by atoms with E-state index in [1.165, 1.54) is 18.9 Å².